The van der Waals surface area contributed by atoms with Gasteiger partial charge in [-0.25, -0.2) is 9.59 Å². The van der Waals surface area contributed by atoms with Gasteiger partial charge in [-0.1, -0.05) is 31.2 Å². The summed E-state index contributed by atoms with van der Waals surface area (Å²) in [4.78, 5) is 40.3. The standard InChI is InChI=1S/C19H21N3O4/c1-4-10-20-19(25)22-16(23)11-26-18(24)17-12(3)14(5-2)21-15-9-7-6-8-13(15)17/h4,6-9H,1,5,10-11H2,2-3H3,(H2,20,22,23,25). The van der Waals surface area contributed by atoms with Crippen LogP contribution in [0.3, 0.4) is 0 Å². The van der Waals surface area contributed by atoms with Crippen molar-refractivity contribution in [1.29, 1.82) is 0 Å². The van der Waals surface area contributed by atoms with Crippen molar-refractivity contribution in [3.05, 3.63) is 53.7 Å². The van der Waals surface area contributed by atoms with Gasteiger partial charge in [-0.05, 0) is 25.0 Å². The first-order chi connectivity index (χ1) is 12.5. The van der Waals surface area contributed by atoms with E-state index in [9.17, 15) is 14.4 Å². The van der Waals surface area contributed by atoms with Gasteiger partial charge in [0.15, 0.2) is 6.61 Å². The maximum absolute atomic E-state index is 12.6. The Morgan fingerprint density at radius 3 is 2.69 bits per heavy atom. The molecule has 7 nitrogen and oxygen atoms in total. The topological polar surface area (TPSA) is 97.4 Å². The first kappa shape index (κ1) is 19.1. The van der Waals surface area contributed by atoms with E-state index in [-0.39, 0.29) is 6.54 Å². The molecule has 1 heterocycles. The summed E-state index contributed by atoms with van der Waals surface area (Å²) in [5, 5.41) is 5.13. The Bertz CT molecular complexity index is 861. The molecule has 7 heteroatoms. The highest BCUT2D eigenvalue weighted by molar-refractivity contribution is 6.05. The second kappa shape index (κ2) is 8.75. The number of nitrogens with one attached hydrogen (secondary N) is 2. The number of ether oxygens (including phenoxy) is 1. The van der Waals surface area contributed by atoms with Crippen LogP contribution in [0.5, 0.6) is 0 Å². The molecule has 2 N–H and O–H groups in total. The summed E-state index contributed by atoms with van der Waals surface area (Å²) < 4.78 is 5.10. The number of urea groups is 1. The van der Waals surface area contributed by atoms with Crippen LogP contribution in [0.4, 0.5) is 4.79 Å². The first-order valence-corrected chi connectivity index (χ1v) is 8.21. The molecular weight excluding hydrogens is 334 g/mol. The second-order valence-corrected chi connectivity index (χ2v) is 5.55. The zero-order chi connectivity index (χ0) is 19.1. The summed E-state index contributed by atoms with van der Waals surface area (Å²) in [6, 6.07) is 6.58. The zero-order valence-electron chi connectivity index (χ0n) is 14.8. The van der Waals surface area contributed by atoms with Crippen molar-refractivity contribution in [2.45, 2.75) is 20.3 Å². The van der Waals surface area contributed by atoms with E-state index in [0.717, 1.165) is 11.3 Å². The number of nitrogens with zero attached hydrogens (tertiary/aromatic N) is 1. The fourth-order valence-corrected chi connectivity index (χ4v) is 2.54. The molecule has 0 unspecified atom stereocenters. The molecule has 2 aromatic rings. The van der Waals surface area contributed by atoms with Crippen molar-refractivity contribution in [2.24, 2.45) is 0 Å². The first-order valence-electron chi connectivity index (χ1n) is 8.21. The van der Waals surface area contributed by atoms with Crippen LogP contribution >= 0.6 is 0 Å². The van der Waals surface area contributed by atoms with Crippen LogP contribution in [0.15, 0.2) is 36.9 Å². The quantitative estimate of drug-likeness (QED) is 0.612. The smallest absolute Gasteiger partial charge is 0.339 e. The average molecular weight is 355 g/mol. The van der Waals surface area contributed by atoms with Crippen molar-refractivity contribution in [2.75, 3.05) is 13.2 Å². The molecular formula is C19H21N3O4. The third-order valence-corrected chi connectivity index (χ3v) is 3.77. The molecule has 1 aromatic heterocycles. The summed E-state index contributed by atoms with van der Waals surface area (Å²) >= 11 is 0. The molecule has 0 aliphatic rings. The van der Waals surface area contributed by atoms with Gasteiger partial charge >= 0.3 is 12.0 Å². The average Bonchev–Trinajstić information content (AvgIpc) is 2.63. The highest BCUT2D eigenvalue weighted by Gasteiger charge is 2.19. The summed E-state index contributed by atoms with van der Waals surface area (Å²) in [6.45, 7) is 6.87. The molecule has 0 radical (unpaired) electrons. The maximum atomic E-state index is 12.6. The molecule has 136 valence electrons. The maximum Gasteiger partial charge on any atom is 0.339 e. The number of pyridine rings is 1. The number of fused-ring (bicyclic) bond motifs is 1. The van der Waals surface area contributed by atoms with E-state index in [4.69, 9.17) is 4.74 Å². The number of benzene rings is 1. The summed E-state index contributed by atoms with van der Waals surface area (Å²) in [6.07, 6.45) is 2.15. The third-order valence-electron chi connectivity index (χ3n) is 3.77. The lowest BCUT2D eigenvalue weighted by Gasteiger charge is -2.13. The van der Waals surface area contributed by atoms with E-state index in [1.807, 2.05) is 25.1 Å². The van der Waals surface area contributed by atoms with Crippen LogP contribution in [0, 0.1) is 6.92 Å². The monoisotopic (exact) mass is 355 g/mol. The third kappa shape index (κ3) is 4.44. The van der Waals surface area contributed by atoms with E-state index in [1.54, 1.807) is 13.0 Å². The normalized spacial score (nSPS) is 10.2. The lowest BCUT2D eigenvalue weighted by Crippen LogP contribution is -2.41. The molecule has 0 saturated carbocycles. The van der Waals surface area contributed by atoms with Crippen molar-refractivity contribution >= 4 is 28.8 Å². The molecule has 0 atom stereocenters. The highest BCUT2D eigenvalue weighted by atomic mass is 16.5. The van der Waals surface area contributed by atoms with E-state index in [2.05, 4.69) is 22.2 Å². The highest BCUT2D eigenvalue weighted by Crippen LogP contribution is 2.24. The zero-order valence-corrected chi connectivity index (χ0v) is 14.8. The van der Waals surface area contributed by atoms with Crippen molar-refractivity contribution in [3.8, 4) is 0 Å². The van der Waals surface area contributed by atoms with Crippen LogP contribution in [0.2, 0.25) is 0 Å². The van der Waals surface area contributed by atoms with Gasteiger partial charge in [0.2, 0.25) is 0 Å². The molecule has 0 spiro atoms. The van der Waals surface area contributed by atoms with E-state index in [0.29, 0.717) is 22.9 Å². The predicted octanol–water partition coefficient (Wildman–Crippen LogP) is 2.27. The van der Waals surface area contributed by atoms with Crippen LogP contribution in [-0.2, 0) is 16.0 Å². The molecule has 3 amide bonds. The number of carbonyl (C=O) groups is 3. The van der Waals surface area contributed by atoms with E-state index >= 15 is 0 Å². The van der Waals surface area contributed by atoms with Gasteiger partial charge in [-0.15, -0.1) is 6.58 Å². The minimum atomic E-state index is -0.716. The van der Waals surface area contributed by atoms with Gasteiger partial charge in [0.05, 0.1) is 11.1 Å². The number of aromatic nitrogens is 1. The van der Waals surface area contributed by atoms with Crippen LogP contribution < -0.4 is 10.6 Å². The van der Waals surface area contributed by atoms with Crippen LogP contribution in [-0.4, -0.2) is 36.0 Å². The molecule has 0 saturated heterocycles. The number of imide groups is 1. The molecule has 0 aliphatic carbocycles. The van der Waals surface area contributed by atoms with Gasteiger partial charge in [0.1, 0.15) is 0 Å². The summed E-state index contributed by atoms with van der Waals surface area (Å²) in [5.74, 6) is -1.34. The number of amides is 3. The Labute approximate surface area is 151 Å². The van der Waals surface area contributed by atoms with Gasteiger partial charge < -0.3 is 10.1 Å². The lowest BCUT2D eigenvalue weighted by molar-refractivity contribution is -0.123. The van der Waals surface area contributed by atoms with E-state index < -0.39 is 24.5 Å². The van der Waals surface area contributed by atoms with Gasteiger partial charge in [-0.2, -0.15) is 0 Å². The van der Waals surface area contributed by atoms with Gasteiger partial charge in [0, 0.05) is 17.6 Å². The Kier molecular flexibility index (Phi) is 6.43. The Balaban J connectivity index is 2.14. The van der Waals surface area contributed by atoms with Crippen molar-refractivity contribution in [1.82, 2.24) is 15.6 Å². The Morgan fingerprint density at radius 2 is 2.00 bits per heavy atom. The van der Waals surface area contributed by atoms with Gasteiger partial charge in [-0.3, -0.25) is 15.1 Å². The SMILES string of the molecule is C=CCNC(=O)NC(=O)COC(=O)c1c(C)c(CC)nc2ccccc12. The number of para-hydroxylation sites is 1. The number of esters is 1. The largest absolute Gasteiger partial charge is 0.452 e. The minimum absolute atomic E-state index is 0.223. The summed E-state index contributed by atoms with van der Waals surface area (Å²) in [5.41, 5.74) is 2.59. The number of aryl methyl sites for hydroxylation is 1. The predicted molar refractivity (Wildman–Crippen MR) is 97.9 cm³/mol. The minimum Gasteiger partial charge on any atom is -0.452 e. The molecule has 26 heavy (non-hydrogen) atoms. The number of hydrogen-bond acceptors (Lipinski definition) is 5. The number of carbonyl (C=O) groups excluding carboxylic acids is 3. The number of hydrogen-bond donors (Lipinski definition) is 2. The number of rotatable bonds is 6. The molecule has 0 fully saturated rings. The molecule has 1 aromatic carbocycles. The van der Waals surface area contributed by atoms with Crippen LogP contribution in [0.1, 0.15) is 28.5 Å². The van der Waals surface area contributed by atoms with Crippen molar-refractivity contribution < 1.29 is 19.1 Å². The van der Waals surface area contributed by atoms with Crippen LogP contribution in [0.25, 0.3) is 10.9 Å². The molecule has 0 aliphatic heterocycles. The Morgan fingerprint density at radius 1 is 1.27 bits per heavy atom. The molecule has 0 bridgehead atoms. The van der Waals surface area contributed by atoms with Gasteiger partial charge in [0.25, 0.3) is 5.91 Å². The fourth-order valence-electron chi connectivity index (χ4n) is 2.54. The second-order valence-electron chi connectivity index (χ2n) is 5.55. The van der Waals surface area contributed by atoms with Crippen molar-refractivity contribution in [3.63, 3.8) is 0 Å². The summed E-state index contributed by atoms with van der Waals surface area (Å²) in [7, 11) is 0. The molecule has 2 rings (SSSR count). The lowest BCUT2D eigenvalue weighted by atomic mass is 10.0. The van der Waals surface area contributed by atoms with E-state index in [1.165, 1.54) is 6.08 Å². The Hall–Kier alpha value is -3.22. The fraction of sp³-hybridized carbons (Fsp3) is 0.263.